The van der Waals surface area contributed by atoms with Gasteiger partial charge in [0.2, 0.25) is 5.76 Å². The summed E-state index contributed by atoms with van der Waals surface area (Å²) in [7, 11) is 2.75. The second kappa shape index (κ2) is 9.25. The smallest absolute Gasteiger partial charge is 0.373 e. The normalized spacial score (nSPS) is 14.9. The third kappa shape index (κ3) is 4.91. The van der Waals surface area contributed by atoms with E-state index in [0.29, 0.717) is 21.5 Å². The molecular weight excluding hydrogens is 472 g/mol. The number of esters is 1. The zero-order chi connectivity index (χ0) is 22.7. The molecule has 1 saturated heterocycles. The summed E-state index contributed by atoms with van der Waals surface area (Å²) in [6.07, 6.45) is 1.38. The minimum Gasteiger partial charge on any atom is -0.493 e. The zero-order valence-corrected chi connectivity index (χ0v) is 18.9. The molecule has 31 heavy (non-hydrogen) atoms. The number of imide groups is 1. The lowest BCUT2D eigenvalue weighted by atomic mass is 10.1. The topological polar surface area (TPSA) is 107 Å². The van der Waals surface area contributed by atoms with Crippen molar-refractivity contribution in [1.29, 1.82) is 0 Å². The van der Waals surface area contributed by atoms with Gasteiger partial charge in [0.15, 0.2) is 11.5 Å². The van der Waals surface area contributed by atoms with Gasteiger partial charge in [0.05, 0.1) is 26.9 Å². The van der Waals surface area contributed by atoms with Crippen molar-refractivity contribution in [2.75, 3.05) is 14.2 Å². The summed E-state index contributed by atoms with van der Waals surface area (Å²) < 4.78 is 21.9. The number of carbonyl (C=O) groups excluding carboxylic acids is 3. The van der Waals surface area contributed by atoms with Crippen LogP contribution >= 0.6 is 15.9 Å². The van der Waals surface area contributed by atoms with Crippen LogP contribution in [0.15, 0.2) is 38.9 Å². The molecule has 9 nitrogen and oxygen atoms in total. The number of halogens is 1. The Kier molecular flexibility index (Phi) is 6.69. The number of furan rings is 1. The van der Waals surface area contributed by atoms with E-state index in [4.69, 9.17) is 13.9 Å². The van der Waals surface area contributed by atoms with Crippen LogP contribution in [0.25, 0.3) is 6.08 Å². The average Bonchev–Trinajstić information content (AvgIpc) is 3.29. The number of hydrogen-bond donors (Lipinski definition) is 1. The maximum absolute atomic E-state index is 12.9. The Labute approximate surface area is 187 Å². The van der Waals surface area contributed by atoms with E-state index < -0.39 is 17.9 Å². The van der Waals surface area contributed by atoms with Crippen LogP contribution in [0, 0.1) is 0 Å². The molecule has 164 valence electrons. The van der Waals surface area contributed by atoms with Crippen LogP contribution in [-0.4, -0.2) is 43.1 Å². The number of urea groups is 1. The summed E-state index contributed by atoms with van der Waals surface area (Å²) in [6.45, 7) is 3.60. The lowest BCUT2D eigenvalue weighted by Crippen LogP contribution is -2.30. The van der Waals surface area contributed by atoms with Gasteiger partial charge in [-0.1, -0.05) is 15.9 Å². The molecule has 2 aromatic rings. The van der Waals surface area contributed by atoms with E-state index in [1.54, 1.807) is 12.1 Å². The first-order valence-corrected chi connectivity index (χ1v) is 10.1. The van der Waals surface area contributed by atoms with Crippen molar-refractivity contribution in [3.05, 3.63) is 51.5 Å². The van der Waals surface area contributed by atoms with E-state index in [1.165, 1.54) is 32.4 Å². The highest BCUT2D eigenvalue weighted by atomic mass is 79.9. The number of nitrogens with zero attached hydrogens (tertiary/aromatic N) is 1. The Balaban J connectivity index is 1.89. The lowest BCUT2D eigenvalue weighted by molar-refractivity contribution is -0.123. The van der Waals surface area contributed by atoms with Crippen molar-refractivity contribution in [2.24, 2.45) is 0 Å². The maximum atomic E-state index is 12.9. The van der Waals surface area contributed by atoms with Gasteiger partial charge < -0.3 is 23.9 Å². The van der Waals surface area contributed by atoms with Gasteiger partial charge in [0.1, 0.15) is 11.5 Å². The fraction of sp³-hybridized carbons (Fsp3) is 0.286. The van der Waals surface area contributed by atoms with Crippen molar-refractivity contribution < 1.29 is 33.0 Å². The van der Waals surface area contributed by atoms with Crippen molar-refractivity contribution >= 4 is 39.9 Å². The monoisotopic (exact) mass is 492 g/mol. The van der Waals surface area contributed by atoms with Gasteiger partial charge in [-0.05, 0) is 44.2 Å². The van der Waals surface area contributed by atoms with Gasteiger partial charge in [-0.15, -0.1) is 0 Å². The average molecular weight is 493 g/mol. The number of benzene rings is 1. The number of nitrogens with one attached hydrogen (secondary N) is 1. The molecule has 1 aromatic carbocycles. The Morgan fingerprint density at radius 2 is 2.00 bits per heavy atom. The van der Waals surface area contributed by atoms with E-state index in [2.05, 4.69) is 26.0 Å². The number of amides is 3. The molecule has 1 N–H and O–H groups in total. The second-order valence-electron chi connectivity index (χ2n) is 6.83. The van der Waals surface area contributed by atoms with Gasteiger partial charge in [-0.3, -0.25) is 9.69 Å². The third-order valence-corrected chi connectivity index (χ3v) is 4.70. The van der Waals surface area contributed by atoms with E-state index >= 15 is 0 Å². The van der Waals surface area contributed by atoms with E-state index in [9.17, 15) is 14.4 Å². The fourth-order valence-electron chi connectivity index (χ4n) is 2.91. The third-order valence-electron chi connectivity index (χ3n) is 4.25. The molecule has 0 bridgehead atoms. The molecule has 10 heteroatoms. The van der Waals surface area contributed by atoms with Crippen molar-refractivity contribution in [3.63, 3.8) is 0 Å². The molecular formula is C21H21BrN2O7. The lowest BCUT2D eigenvalue weighted by Gasteiger charge is -2.17. The molecule has 0 radical (unpaired) electrons. The fourth-order valence-corrected chi connectivity index (χ4v) is 3.36. The van der Waals surface area contributed by atoms with Crippen molar-refractivity contribution in [2.45, 2.75) is 26.5 Å². The van der Waals surface area contributed by atoms with Crippen LogP contribution in [-0.2, 0) is 16.1 Å². The number of ether oxygens (including phenoxy) is 3. The molecule has 3 rings (SSSR count). The van der Waals surface area contributed by atoms with Gasteiger partial charge in [-0.2, -0.15) is 0 Å². The summed E-state index contributed by atoms with van der Waals surface area (Å²) in [5.41, 5.74) is 0.620. The predicted octanol–water partition coefficient (Wildman–Crippen LogP) is 3.72. The summed E-state index contributed by atoms with van der Waals surface area (Å²) in [5.74, 6) is -0.0205. The largest absolute Gasteiger partial charge is 0.493 e. The predicted molar refractivity (Wildman–Crippen MR) is 114 cm³/mol. The molecule has 3 amide bonds. The van der Waals surface area contributed by atoms with Gasteiger partial charge in [0, 0.05) is 10.0 Å². The van der Waals surface area contributed by atoms with E-state index in [-0.39, 0.29) is 29.9 Å². The molecule has 2 heterocycles. The van der Waals surface area contributed by atoms with E-state index in [1.807, 2.05) is 13.8 Å². The Morgan fingerprint density at radius 3 is 2.65 bits per heavy atom. The van der Waals surface area contributed by atoms with Gasteiger partial charge in [-0.25, -0.2) is 9.59 Å². The summed E-state index contributed by atoms with van der Waals surface area (Å²) in [5, 5.41) is 2.55. The van der Waals surface area contributed by atoms with Gasteiger partial charge in [0.25, 0.3) is 5.91 Å². The molecule has 1 aliphatic heterocycles. The van der Waals surface area contributed by atoms with Crippen LogP contribution in [0.5, 0.6) is 11.5 Å². The molecule has 0 spiro atoms. The summed E-state index contributed by atoms with van der Waals surface area (Å²) in [4.78, 5) is 37.7. The van der Waals surface area contributed by atoms with Crippen LogP contribution in [0.3, 0.4) is 0 Å². The highest BCUT2D eigenvalue weighted by molar-refractivity contribution is 9.10. The highest BCUT2D eigenvalue weighted by Gasteiger charge is 2.34. The quantitative estimate of drug-likeness (QED) is 0.356. The molecule has 1 aliphatic rings. The maximum Gasteiger partial charge on any atom is 0.373 e. The minimum atomic E-state index is -0.648. The molecule has 0 atom stereocenters. The number of hydrogen-bond acceptors (Lipinski definition) is 7. The van der Waals surface area contributed by atoms with Crippen LogP contribution in [0.1, 0.15) is 35.7 Å². The summed E-state index contributed by atoms with van der Waals surface area (Å²) in [6, 6.07) is 5.81. The SMILES string of the molecule is COC(=O)c1ccc(CN2C(=O)N/C(=C/c3cc(Br)cc(OC)c3OC(C)C)C2=O)o1. The minimum absolute atomic E-state index is 0.0166. The van der Waals surface area contributed by atoms with Crippen LogP contribution < -0.4 is 14.8 Å². The number of rotatable bonds is 7. The van der Waals surface area contributed by atoms with Crippen molar-refractivity contribution in [3.8, 4) is 11.5 Å². The number of carbonyl (C=O) groups is 3. The Hall–Kier alpha value is -3.27. The Bertz CT molecular complexity index is 1060. The second-order valence-corrected chi connectivity index (χ2v) is 7.75. The first kappa shape index (κ1) is 22.4. The van der Waals surface area contributed by atoms with E-state index in [0.717, 1.165) is 4.90 Å². The summed E-state index contributed by atoms with van der Waals surface area (Å²) >= 11 is 3.41. The van der Waals surface area contributed by atoms with Crippen LogP contribution in [0.2, 0.25) is 0 Å². The Morgan fingerprint density at radius 1 is 1.26 bits per heavy atom. The first-order chi connectivity index (χ1) is 14.7. The molecule has 0 unspecified atom stereocenters. The zero-order valence-electron chi connectivity index (χ0n) is 17.4. The first-order valence-electron chi connectivity index (χ1n) is 9.29. The standard InChI is InChI=1S/C21H21BrN2O7/c1-11(2)30-18-12(7-13(22)9-17(18)28-3)8-15-19(25)24(21(27)23-15)10-14-5-6-16(31-14)20(26)29-4/h5-9,11H,10H2,1-4H3,(H,23,27)/b15-8+. The molecule has 0 aliphatic carbocycles. The number of methoxy groups -OCH3 is 2. The van der Waals surface area contributed by atoms with Crippen molar-refractivity contribution in [1.82, 2.24) is 10.2 Å². The molecule has 1 aromatic heterocycles. The van der Waals surface area contributed by atoms with Gasteiger partial charge >= 0.3 is 12.0 Å². The van der Waals surface area contributed by atoms with Crippen LogP contribution in [0.4, 0.5) is 4.79 Å². The molecule has 1 fully saturated rings. The molecule has 0 saturated carbocycles. The highest BCUT2D eigenvalue weighted by Crippen LogP contribution is 2.37.